The lowest BCUT2D eigenvalue weighted by Crippen LogP contribution is -2.51. The van der Waals surface area contributed by atoms with Gasteiger partial charge in [0.2, 0.25) is 0 Å². The smallest absolute Gasteiger partial charge is 0.0803 e. The van der Waals surface area contributed by atoms with Crippen LogP contribution in [0.15, 0.2) is 15.9 Å². The summed E-state index contributed by atoms with van der Waals surface area (Å²) in [5.41, 5.74) is -0.112. The molecule has 1 heterocycles. The molecule has 1 aromatic rings. The fourth-order valence-corrected chi connectivity index (χ4v) is 3.50. The molecule has 0 aromatic carbocycles. The Morgan fingerprint density at radius 1 is 1.53 bits per heavy atom. The normalized spacial score (nSPS) is 16.8. The molecule has 0 aliphatic carbocycles. The highest BCUT2D eigenvalue weighted by atomic mass is 79.9. The molecule has 0 amide bonds. The summed E-state index contributed by atoms with van der Waals surface area (Å²) in [7, 11) is 1.80. The van der Waals surface area contributed by atoms with Crippen molar-refractivity contribution < 1.29 is 4.74 Å². The van der Waals surface area contributed by atoms with Crippen LogP contribution in [0.3, 0.4) is 0 Å². The SMILES string of the molecule is CCNC(Cc1sccc1Br)C(C)(CC)OC. The first-order valence-electron chi connectivity index (χ1n) is 6.07. The predicted octanol–water partition coefficient (Wildman–Crippen LogP) is 3.85. The van der Waals surface area contributed by atoms with Crippen LogP contribution in [0.2, 0.25) is 0 Å². The maximum Gasteiger partial charge on any atom is 0.0803 e. The zero-order valence-corrected chi connectivity index (χ0v) is 13.5. The molecule has 0 aliphatic rings. The molecular formula is C13H22BrNOS. The highest BCUT2D eigenvalue weighted by Gasteiger charge is 2.32. The second-order valence-corrected chi connectivity index (χ2v) is 6.23. The first-order chi connectivity index (χ1) is 8.07. The molecule has 1 rings (SSSR count). The monoisotopic (exact) mass is 319 g/mol. The molecule has 0 bridgehead atoms. The van der Waals surface area contributed by atoms with Gasteiger partial charge in [-0.2, -0.15) is 0 Å². The molecule has 1 aromatic heterocycles. The number of methoxy groups -OCH3 is 1. The van der Waals surface area contributed by atoms with Crippen LogP contribution in [0.1, 0.15) is 32.1 Å². The fraction of sp³-hybridized carbons (Fsp3) is 0.692. The highest BCUT2D eigenvalue weighted by molar-refractivity contribution is 9.10. The maximum absolute atomic E-state index is 5.72. The van der Waals surface area contributed by atoms with Crippen molar-refractivity contribution in [3.63, 3.8) is 0 Å². The number of nitrogens with one attached hydrogen (secondary N) is 1. The van der Waals surface area contributed by atoms with E-state index in [-0.39, 0.29) is 5.60 Å². The minimum Gasteiger partial charge on any atom is -0.377 e. The van der Waals surface area contributed by atoms with E-state index in [0.29, 0.717) is 6.04 Å². The van der Waals surface area contributed by atoms with Crippen molar-refractivity contribution in [2.75, 3.05) is 13.7 Å². The first kappa shape index (κ1) is 15.2. The Morgan fingerprint density at radius 2 is 2.24 bits per heavy atom. The lowest BCUT2D eigenvalue weighted by molar-refractivity contribution is -0.0282. The van der Waals surface area contributed by atoms with E-state index in [1.165, 1.54) is 9.35 Å². The van der Waals surface area contributed by atoms with E-state index in [1.807, 2.05) is 0 Å². The average molecular weight is 320 g/mol. The van der Waals surface area contributed by atoms with E-state index >= 15 is 0 Å². The van der Waals surface area contributed by atoms with Crippen LogP contribution in [-0.2, 0) is 11.2 Å². The van der Waals surface area contributed by atoms with Crippen molar-refractivity contribution in [1.82, 2.24) is 5.32 Å². The van der Waals surface area contributed by atoms with Crippen LogP contribution in [0.5, 0.6) is 0 Å². The summed E-state index contributed by atoms with van der Waals surface area (Å²) in [5.74, 6) is 0. The largest absolute Gasteiger partial charge is 0.377 e. The van der Waals surface area contributed by atoms with Crippen molar-refractivity contribution in [3.05, 3.63) is 20.8 Å². The van der Waals surface area contributed by atoms with Crippen LogP contribution < -0.4 is 5.32 Å². The van der Waals surface area contributed by atoms with Gasteiger partial charge in [-0.15, -0.1) is 11.3 Å². The van der Waals surface area contributed by atoms with Crippen LogP contribution >= 0.6 is 27.3 Å². The van der Waals surface area contributed by atoms with E-state index in [9.17, 15) is 0 Å². The second-order valence-electron chi connectivity index (χ2n) is 4.38. The molecule has 2 nitrogen and oxygen atoms in total. The molecule has 1 N–H and O–H groups in total. The molecule has 2 unspecified atom stereocenters. The standard InChI is InChI=1S/C13H22BrNOS/c1-5-13(3,16-4)12(15-6-2)9-11-10(14)7-8-17-11/h7-8,12,15H,5-6,9H2,1-4H3. The number of hydrogen-bond acceptors (Lipinski definition) is 3. The molecule has 2 atom stereocenters. The van der Waals surface area contributed by atoms with Gasteiger partial charge in [-0.05, 0) is 47.3 Å². The molecule has 0 saturated heterocycles. The Labute approximate surface area is 117 Å². The maximum atomic E-state index is 5.72. The van der Waals surface area contributed by atoms with Crippen molar-refractivity contribution >= 4 is 27.3 Å². The van der Waals surface area contributed by atoms with E-state index < -0.39 is 0 Å². The van der Waals surface area contributed by atoms with Gasteiger partial charge in [-0.1, -0.05) is 13.8 Å². The van der Waals surface area contributed by atoms with Crippen molar-refractivity contribution in [2.45, 2.75) is 45.3 Å². The third kappa shape index (κ3) is 3.78. The number of rotatable bonds is 7. The van der Waals surface area contributed by atoms with Crippen LogP contribution in [0.25, 0.3) is 0 Å². The lowest BCUT2D eigenvalue weighted by Gasteiger charge is -2.36. The molecule has 4 heteroatoms. The van der Waals surface area contributed by atoms with Crippen molar-refractivity contribution in [3.8, 4) is 0 Å². The van der Waals surface area contributed by atoms with Gasteiger partial charge in [0.25, 0.3) is 0 Å². The number of ether oxygens (including phenoxy) is 1. The lowest BCUT2D eigenvalue weighted by atomic mass is 9.90. The number of likely N-dealkylation sites (N-methyl/N-ethyl adjacent to an activating group) is 1. The first-order valence-corrected chi connectivity index (χ1v) is 7.75. The van der Waals surface area contributed by atoms with Gasteiger partial charge in [-0.25, -0.2) is 0 Å². The zero-order valence-electron chi connectivity index (χ0n) is 11.0. The topological polar surface area (TPSA) is 21.3 Å². The van der Waals surface area contributed by atoms with Gasteiger partial charge >= 0.3 is 0 Å². The summed E-state index contributed by atoms with van der Waals surface area (Å²) in [6, 6.07) is 2.46. The molecular weight excluding hydrogens is 298 g/mol. The van der Waals surface area contributed by atoms with Crippen LogP contribution in [-0.4, -0.2) is 25.3 Å². The van der Waals surface area contributed by atoms with Gasteiger partial charge in [-0.3, -0.25) is 0 Å². The van der Waals surface area contributed by atoms with Gasteiger partial charge in [0, 0.05) is 28.9 Å². The number of thiophene rings is 1. The predicted molar refractivity (Wildman–Crippen MR) is 78.9 cm³/mol. The Hall–Kier alpha value is 0.1000. The summed E-state index contributed by atoms with van der Waals surface area (Å²) >= 11 is 5.40. The Morgan fingerprint density at radius 3 is 2.65 bits per heavy atom. The number of halogens is 1. The summed E-state index contributed by atoms with van der Waals surface area (Å²) in [6.07, 6.45) is 2.01. The van der Waals surface area contributed by atoms with Crippen molar-refractivity contribution in [1.29, 1.82) is 0 Å². The van der Waals surface area contributed by atoms with Gasteiger partial charge in [0.1, 0.15) is 0 Å². The van der Waals surface area contributed by atoms with Gasteiger partial charge < -0.3 is 10.1 Å². The fourth-order valence-electron chi connectivity index (χ4n) is 1.94. The Bertz CT molecular complexity index is 336. The summed E-state index contributed by atoms with van der Waals surface area (Å²) < 4.78 is 6.93. The molecule has 0 saturated carbocycles. The van der Waals surface area contributed by atoms with E-state index in [1.54, 1.807) is 18.4 Å². The highest BCUT2D eigenvalue weighted by Crippen LogP contribution is 2.28. The molecule has 0 radical (unpaired) electrons. The van der Waals surface area contributed by atoms with E-state index in [4.69, 9.17) is 4.74 Å². The zero-order chi connectivity index (χ0) is 12.9. The molecule has 0 fully saturated rings. The average Bonchev–Trinajstić information content (AvgIpc) is 2.73. The minimum absolute atomic E-state index is 0.112. The van der Waals surface area contributed by atoms with Crippen molar-refractivity contribution in [2.24, 2.45) is 0 Å². The Balaban J connectivity index is 2.82. The van der Waals surface area contributed by atoms with Crippen LogP contribution in [0.4, 0.5) is 0 Å². The van der Waals surface area contributed by atoms with Gasteiger partial charge in [0.15, 0.2) is 0 Å². The van der Waals surface area contributed by atoms with E-state index in [2.05, 4.69) is 53.5 Å². The summed E-state index contributed by atoms with van der Waals surface area (Å²) in [4.78, 5) is 1.38. The second kappa shape index (κ2) is 6.88. The minimum atomic E-state index is -0.112. The molecule has 98 valence electrons. The van der Waals surface area contributed by atoms with Crippen LogP contribution in [0, 0.1) is 0 Å². The van der Waals surface area contributed by atoms with Gasteiger partial charge in [0.05, 0.1) is 5.60 Å². The third-order valence-corrected chi connectivity index (χ3v) is 5.39. The Kier molecular flexibility index (Phi) is 6.13. The van der Waals surface area contributed by atoms with E-state index in [0.717, 1.165) is 19.4 Å². The quantitative estimate of drug-likeness (QED) is 0.824. The number of hydrogen-bond donors (Lipinski definition) is 1. The summed E-state index contributed by atoms with van der Waals surface area (Å²) in [6.45, 7) is 7.47. The molecule has 17 heavy (non-hydrogen) atoms. The summed E-state index contributed by atoms with van der Waals surface area (Å²) in [5, 5.41) is 5.67. The third-order valence-electron chi connectivity index (χ3n) is 3.44. The molecule has 0 spiro atoms. The molecule has 0 aliphatic heterocycles.